The molecule has 0 unspecified atom stereocenters. The summed E-state index contributed by atoms with van der Waals surface area (Å²) in [4.78, 5) is 0. The van der Waals surface area contributed by atoms with Crippen molar-refractivity contribution in [3.8, 4) is 0 Å². The summed E-state index contributed by atoms with van der Waals surface area (Å²) >= 11 is 15.0. The minimum Gasteiger partial charge on any atom is -0.127 e. The number of unbranched alkanes of at least 4 members (excludes halogenated alkanes) is 1. The predicted octanol–water partition coefficient (Wildman–Crippen LogP) is 4.66. The van der Waals surface area contributed by atoms with Crippen molar-refractivity contribution in [2.24, 2.45) is 0 Å². The number of hydrogen-bond acceptors (Lipinski definition) is 0. The molecule has 72 valence electrons. The van der Waals surface area contributed by atoms with Gasteiger partial charge in [0.05, 0.1) is 0 Å². The highest BCUT2D eigenvalue weighted by Gasteiger charge is 2.00. The first kappa shape index (κ1) is 11.4. The van der Waals surface area contributed by atoms with E-state index in [4.69, 9.17) is 23.2 Å². The summed E-state index contributed by atoms with van der Waals surface area (Å²) in [6, 6.07) is 6.00. The lowest BCUT2D eigenvalue weighted by molar-refractivity contribution is 0.800. The SMILES string of the molecule is ClCCCCc1ccc(Br)cc1Cl. The summed E-state index contributed by atoms with van der Waals surface area (Å²) in [6.45, 7) is 0. The Labute approximate surface area is 97.4 Å². The summed E-state index contributed by atoms with van der Waals surface area (Å²) in [7, 11) is 0. The molecule has 0 atom stereocenters. The zero-order valence-electron chi connectivity index (χ0n) is 7.19. The molecule has 0 heterocycles. The Morgan fingerprint density at radius 3 is 2.62 bits per heavy atom. The van der Waals surface area contributed by atoms with Gasteiger partial charge in [0.2, 0.25) is 0 Å². The van der Waals surface area contributed by atoms with Crippen LogP contribution in [0.3, 0.4) is 0 Å². The van der Waals surface area contributed by atoms with Gasteiger partial charge in [0.1, 0.15) is 0 Å². The van der Waals surface area contributed by atoms with Gasteiger partial charge in [-0.1, -0.05) is 33.6 Å². The molecule has 0 amide bonds. The van der Waals surface area contributed by atoms with E-state index in [1.807, 2.05) is 12.1 Å². The van der Waals surface area contributed by atoms with E-state index in [2.05, 4.69) is 22.0 Å². The Balaban J connectivity index is 2.56. The molecule has 0 N–H and O–H groups in total. The second-order valence-electron chi connectivity index (χ2n) is 2.88. The van der Waals surface area contributed by atoms with Crippen molar-refractivity contribution in [2.45, 2.75) is 19.3 Å². The first-order valence-electron chi connectivity index (χ1n) is 4.24. The number of halogens is 3. The van der Waals surface area contributed by atoms with Gasteiger partial charge in [0, 0.05) is 15.4 Å². The molecule has 0 fully saturated rings. The van der Waals surface area contributed by atoms with E-state index in [1.165, 1.54) is 5.56 Å². The van der Waals surface area contributed by atoms with Gasteiger partial charge in [-0.2, -0.15) is 0 Å². The van der Waals surface area contributed by atoms with Crippen LogP contribution in [-0.2, 0) is 6.42 Å². The zero-order valence-corrected chi connectivity index (χ0v) is 10.3. The van der Waals surface area contributed by atoms with E-state index in [9.17, 15) is 0 Å². The topological polar surface area (TPSA) is 0 Å². The highest BCUT2D eigenvalue weighted by Crippen LogP contribution is 2.22. The Hall–Kier alpha value is 0.280. The van der Waals surface area contributed by atoms with Crippen LogP contribution in [0.1, 0.15) is 18.4 Å². The molecule has 0 aliphatic rings. The van der Waals surface area contributed by atoms with Crippen LogP contribution in [-0.4, -0.2) is 5.88 Å². The molecule has 1 rings (SSSR count). The molecule has 1 aromatic rings. The van der Waals surface area contributed by atoms with Crippen LogP contribution in [0.25, 0.3) is 0 Å². The fourth-order valence-electron chi connectivity index (χ4n) is 1.13. The van der Waals surface area contributed by atoms with Crippen molar-refractivity contribution in [1.82, 2.24) is 0 Å². The number of hydrogen-bond donors (Lipinski definition) is 0. The highest BCUT2D eigenvalue weighted by molar-refractivity contribution is 9.10. The van der Waals surface area contributed by atoms with Crippen molar-refractivity contribution in [2.75, 3.05) is 5.88 Å². The lowest BCUT2D eigenvalue weighted by Crippen LogP contribution is -1.87. The molecule has 13 heavy (non-hydrogen) atoms. The first-order valence-corrected chi connectivity index (χ1v) is 5.94. The summed E-state index contributed by atoms with van der Waals surface area (Å²) in [6.07, 6.45) is 3.16. The van der Waals surface area contributed by atoms with Gasteiger partial charge in [-0.05, 0) is 37.0 Å². The lowest BCUT2D eigenvalue weighted by atomic mass is 10.1. The van der Waals surface area contributed by atoms with Crippen molar-refractivity contribution in [3.63, 3.8) is 0 Å². The largest absolute Gasteiger partial charge is 0.127 e. The highest BCUT2D eigenvalue weighted by atomic mass is 79.9. The van der Waals surface area contributed by atoms with E-state index in [-0.39, 0.29) is 0 Å². The van der Waals surface area contributed by atoms with Gasteiger partial charge in [-0.3, -0.25) is 0 Å². The van der Waals surface area contributed by atoms with Crippen LogP contribution in [0.15, 0.2) is 22.7 Å². The minimum atomic E-state index is 0.730. The monoisotopic (exact) mass is 280 g/mol. The molecular weight excluding hydrogens is 271 g/mol. The van der Waals surface area contributed by atoms with Gasteiger partial charge < -0.3 is 0 Å². The van der Waals surface area contributed by atoms with Gasteiger partial charge in [0.25, 0.3) is 0 Å². The minimum absolute atomic E-state index is 0.730. The van der Waals surface area contributed by atoms with E-state index < -0.39 is 0 Å². The number of aryl methyl sites for hydroxylation is 1. The fraction of sp³-hybridized carbons (Fsp3) is 0.400. The molecule has 0 saturated carbocycles. The molecule has 3 heteroatoms. The Morgan fingerprint density at radius 1 is 1.23 bits per heavy atom. The Kier molecular flexibility index (Phi) is 5.15. The number of alkyl halides is 1. The second-order valence-corrected chi connectivity index (χ2v) is 4.58. The van der Waals surface area contributed by atoms with Gasteiger partial charge >= 0.3 is 0 Å². The molecule has 0 aliphatic heterocycles. The third kappa shape index (κ3) is 3.88. The zero-order chi connectivity index (χ0) is 9.68. The van der Waals surface area contributed by atoms with E-state index in [1.54, 1.807) is 0 Å². The molecule has 0 aromatic heterocycles. The standard InChI is InChI=1S/C10H11BrCl2/c11-9-5-4-8(10(13)7-9)3-1-2-6-12/h4-5,7H,1-3,6H2. The van der Waals surface area contributed by atoms with Gasteiger partial charge in [-0.25, -0.2) is 0 Å². The smallest absolute Gasteiger partial charge is 0.0449 e. The molecular formula is C10H11BrCl2. The maximum atomic E-state index is 6.05. The fourth-order valence-corrected chi connectivity index (χ4v) is 2.09. The van der Waals surface area contributed by atoms with Crippen molar-refractivity contribution in [3.05, 3.63) is 33.3 Å². The van der Waals surface area contributed by atoms with Crippen LogP contribution in [0.4, 0.5) is 0 Å². The lowest BCUT2D eigenvalue weighted by Gasteiger charge is -2.03. The van der Waals surface area contributed by atoms with Crippen molar-refractivity contribution < 1.29 is 0 Å². The maximum Gasteiger partial charge on any atom is 0.0449 e. The van der Waals surface area contributed by atoms with E-state index in [0.717, 1.165) is 34.6 Å². The van der Waals surface area contributed by atoms with Crippen LogP contribution in [0, 0.1) is 0 Å². The van der Waals surface area contributed by atoms with Gasteiger partial charge in [0.15, 0.2) is 0 Å². The number of benzene rings is 1. The quantitative estimate of drug-likeness (QED) is 0.556. The summed E-state index contributed by atoms with van der Waals surface area (Å²) in [5.74, 6) is 0.730. The van der Waals surface area contributed by atoms with Crippen LogP contribution in [0.5, 0.6) is 0 Å². The Morgan fingerprint density at radius 2 is 2.00 bits per heavy atom. The molecule has 0 spiro atoms. The van der Waals surface area contributed by atoms with Gasteiger partial charge in [-0.15, -0.1) is 11.6 Å². The Bertz CT molecular complexity index is 274. The normalized spacial score (nSPS) is 10.4. The third-order valence-corrected chi connectivity index (χ3v) is 2.96. The first-order chi connectivity index (χ1) is 6.24. The van der Waals surface area contributed by atoms with Crippen molar-refractivity contribution in [1.29, 1.82) is 0 Å². The summed E-state index contributed by atoms with van der Waals surface area (Å²) < 4.78 is 1.03. The van der Waals surface area contributed by atoms with Crippen LogP contribution in [0.2, 0.25) is 5.02 Å². The molecule has 0 bridgehead atoms. The van der Waals surface area contributed by atoms with Crippen molar-refractivity contribution >= 4 is 39.1 Å². The molecule has 0 aliphatic carbocycles. The molecule has 0 saturated heterocycles. The number of rotatable bonds is 4. The third-order valence-electron chi connectivity index (χ3n) is 1.84. The molecule has 0 radical (unpaired) electrons. The predicted molar refractivity (Wildman–Crippen MR) is 62.8 cm³/mol. The molecule has 1 aromatic carbocycles. The van der Waals surface area contributed by atoms with Crippen LogP contribution < -0.4 is 0 Å². The van der Waals surface area contributed by atoms with Crippen LogP contribution >= 0.6 is 39.1 Å². The summed E-state index contributed by atoms with van der Waals surface area (Å²) in [5, 5.41) is 0.837. The average Bonchev–Trinajstić information content (AvgIpc) is 2.09. The summed E-state index contributed by atoms with van der Waals surface area (Å²) in [5.41, 5.74) is 1.20. The second kappa shape index (κ2) is 5.90. The average molecular weight is 282 g/mol. The van der Waals surface area contributed by atoms with E-state index >= 15 is 0 Å². The molecule has 0 nitrogen and oxygen atoms in total. The maximum absolute atomic E-state index is 6.05. The van der Waals surface area contributed by atoms with E-state index in [0.29, 0.717) is 0 Å².